The summed E-state index contributed by atoms with van der Waals surface area (Å²) in [6, 6.07) is 9.80. The summed E-state index contributed by atoms with van der Waals surface area (Å²) < 4.78 is 0.989. The molecule has 0 saturated heterocycles. The average Bonchev–Trinajstić information content (AvgIpc) is 2.44. The summed E-state index contributed by atoms with van der Waals surface area (Å²) in [5, 5.41) is 4.34. The SMILES string of the molecule is Cc1ncccc1Nc1c(N)cnc2ccc(Br)cc12. The summed E-state index contributed by atoms with van der Waals surface area (Å²) in [6.07, 6.45) is 3.44. The van der Waals surface area contributed by atoms with Crippen molar-refractivity contribution in [1.29, 1.82) is 0 Å². The number of rotatable bonds is 2. The van der Waals surface area contributed by atoms with Crippen molar-refractivity contribution in [3.05, 3.63) is 52.9 Å². The van der Waals surface area contributed by atoms with Gasteiger partial charge in [-0.15, -0.1) is 0 Å². The van der Waals surface area contributed by atoms with Gasteiger partial charge in [-0.25, -0.2) is 0 Å². The van der Waals surface area contributed by atoms with Crippen LogP contribution in [0.2, 0.25) is 0 Å². The van der Waals surface area contributed by atoms with Gasteiger partial charge in [0.2, 0.25) is 0 Å². The highest BCUT2D eigenvalue weighted by molar-refractivity contribution is 9.10. The number of anilines is 3. The maximum Gasteiger partial charge on any atom is 0.0746 e. The zero-order chi connectivity index (χ0) is 14.1. The molecule has 100 valence electrons. The molecule has 0 saturated carbocycles. The number of hydrogen-bond acceptors (Lipinski definition) is 4. The Morgan fingerprint density at radius 1 is 1.20 bits per heavy atom. The molecular formula is C15H13BrN4. The molecule has 3 aromatic rings. The topological polar surface area (TPSA) is 63.8 Å². The second-order valence-corrected chi connectivity index (χ2v) is 5.43. The van der Waals surface area contributed by atoms with Gasteiger partial charge in [0.25, 0.3) is 0 Å². The van der Waals surface area contributed by atoms with Gasteiger partial charge in [0, 0.05) is 16.1 Å². The predicted octanol–water partition coefficient (Wildman–Crippen LogP) is 4.03. The first-order valence-electron chi connectivity index (χ1n) is 6.17. The van der Waals surface area contributed by atoms with Gasteiger partial charge in [0.15, 0.2) is 0 Å². The molecule has 2 heterocycles. The van der Waals surface area contributed by atoms with E-state index in [2.05, 4.69) is 31.2 Å². The van der Waals surface area contributed by atoms with E-state index in [0.29, 0.717) is 5.69 Å². The van der Waals surface area contributed by atoms with Gasteiger partial charge in [-0.05, 0) is 37.3 Å². The van der Waals surface area contributed by atoms with Crippen molar-refractivity contribution in [3.8, 4) is 0 Å². The molecule has 0 atom stereocenters. The van der Waals surface area contributed by atoms with Gasteiger partial charge in [0.1, 0.15) is 0 Å². The van der Waals surface area contributed by atoms with Crippen LogP contribution < -0.4 is 11.1 Å². The maximum atomic E-state index is 6.07. The molecule has 0 aliphatic carbocycles. The van der Waals surface area contributed by atoms with Crippen LogP contribution in [-0.2, 0) is 0 Å². The minimum absolute atomic E-state index is 0.610. The highest BCUT2D eigenvalue weighted by Crippen LogP contribution is 2.32. The van der Waals surface area contributed by atoms with Crippen LogP contribution in [-0.4, -0.2) is 9.97 Å². The minimum atomic E-state index is 0.610. The Bertz CT molecular complexity index is 781. The van der Waals surface area contributed by atoms with E-state index in [9.17, 15) is 0 Å². The maximum absolute atomic E-state index is 6.07. The fraction of sp³-hybridized carbons (Fsp3) is 0.0667. The number of nitrogens with zero attached hydrogens (tertiary/aromatic N) is 2. The molecule has 0 amide bonds. The standard InChI is InChI=1S/C15H13BrN4/c1-9-13(3-2-6-18-9)20-15-11-7-10(16)4-5-14(11)19-8-12(15)17/h2-8H,17H2,1H3,(H,19,20). The molecule has 0 spiro atoms. The van der Waals surface area contributed by atoms with E-state index < -0.39 is 0 Å². The number of benzene rings is 1. The van der Waals surface area contributed by atoms with Crippen molar-refractivity contribution in [1.82, 2.24) is 9.97 Å². The van der Waals surface area contributed by atoms with E-state index in [1.807, 2.05) is 37.3 Å². The van der Waals surface area contributed by atoms with E-state index in [1.54, 1.807) is 12.4 Å². The predicted molar refractivity (Wildman–Crippen MR) is 86.1 cm³/mol. The summed E-state index contributed by atoms with van der Waals surface area (Å²) in [7, 11) is 0. The van der Waals surface area contributed by atoms with Crippen molar-refractivity contribution in [2.45, 2.75) is 6.92 Å². The van der Waals surface area contributed by atoms with E-state index in [-0.39, 0.29) is 0 Å². The third kappa shape index (κ3) is 2.32. The Morgan fingerprint density at radius 3 is 2.85 bits per heavy atom. The summed E-state index contributed by atoms with van der Waals surface area (Å²) in [4.78, 5) is 8.62. The van der Waals surface area contributed by atoms with Gasteiger partial charge in [-0.2, -0.15) is 0 Å². The second kappa shape index (κ2) is 5.09. The fourth-order valence-electron chi connectivity index (χ4n) is 2.07. The van der Waals surface area contributed by atoms with Crippen LogP contribution in [0.5, 0.6) is 0 Å². The number of nitrogens with one attached hydrogen (secondary N) is 1. The number of pyridine rings is 2. The Kier molecular flexibility index (Phi) is 3.28. The number of nitrogens with two attached hydrogens (primary N) is 1. The Morgan fingerprint density at radius 2 is 2.05 bits per heavy atom. The lowest BCUT2D eigenvalue weighted by atomic mass is 10.1. The minimum Gasteiger partial charge on any atom is -0.396 e. The largest absolute Gasteiger partial charge is 0.396 e. The van der Waals surface area contributed by atoms with Crippen molar-refractivity contribution in [3.63, 3.8) is 0 Å². The Labute approximate surface area is 125 Å². The Balaban J connectivity index is 2.17. The molecule has 0 unspecified atom stereocenters. The number of nitrogen functional groups attached to an aromatic ring is 1. The zero-order valence-electron chi connectivity index (χ0n) is 10.9. The lowest BCUT2D eigenvalue weighted by molar-refractivity contribution is 1.20. The third-order valence-electron chi connectivity index (χ3n) is 3.13. The lowest BCUT2D eigenvalue weighted by Crippen LogP contribution is -2.00. The van der Waals surface area contributed by atoms with Gasteiger partial charge in [0.05, 0.1) is 34.5 Å². The van der Waals surface area contributed by atoms with Crippen molar-refractivity contribution < 1.29 is 0 Å². The lowest BCUT2D eigenvalue weighted by Gasteiger charge is -2.13. The molecule has 0 fully saturated rings. The van der Waals surface area contributed by atoms with E-state index >= 15 is 0 Å². The molecule has 0 aliphatic heterocycles. The molecule has 3 rings (SSSR count). The monoisotopic (exact) mass is 328 g/mol. The smallest absolute Gasteiger partial charge is 0.0746 e. The molecule has 2 aromatic heterocycles. The van der Waals surface area contributed by atoms with Crippen molar-refractivity contribution in [2.24, 2.45) is 0 Å². The first kappa shape index (κ1) is 12.9. The van der Waals surface area contributed by atoms with Crippen LogP contribution >= 0.6 is 15.9 Å². The Hall–Kier alpha value is -2.14. The van der Waals surface area contributed by atoms with Gasteiger partial charge in [-0.1, -0.05) is 15.9 Å². The average molecular weight is 329 g/mol. The summed E-state index contributed by atoms with van der Waals surface area (Å²) in [5.74, 6) is 0. The van der Waals surface area contributed by atoms with Crippen molar-refractivity contribution in [2.75, 3.05) is 11.1 Å². The highest BCUT2D eigenvalue weighted by Gasteiger charge is 2.09. The molecule has 20 heavy (non-hydrogen) atoms. The highest BCUT2D eigenvalue weighted by atomic mass is 79.9. The van der Waals surface area contributed by atoms with E-state index in [0.717, 1.165) is 32.4 Å². The number of fused-ring (bicyclic) bond motifs is 1. The number of halogens is 1. The van der Waals surface area contributed by atoms with Crippen LogP contribution in [0.3, 0.4) is 0 Å². The van der Waals surface area contributed by atoms with Crippen molar-refractivity contribution >= 4 is 43.9 Å². The molecule has 5 heteroatoms. The summed E-state index contributed by atoms with van der Waals surface area (Å²) >= 11 is 3.48. The van der Waals surface area contributed by atoms with Crippen LogP contribution in [0, 0.1) is 6.92 Å². The van der Waals surface area contributed by atoms with Crippen LogP contribution in [0.15, 0.2) is 47.2 Å². The number of hydrogen-bond donors (Lipinski definition) is 2. The first-order chi connectivity index (χ1) is 9.65. The fourth-order valence-corrected chi connectivity index (χ4v) is 2.43. The quantitative estimate of drug-likeness (QED) is 0.745. The molecule has 3 N–H and O–H groups in total. The van der Waals surface area contributed by atoms with E-state index in [4.69, 9.17) is 5.73 Å². The molecule has 0 bridgehead atoms. The zero-order valence-corrected chi connectivity index (χ0v) is 12.5. The van der Waals surface area contributed by atoms with E-state index in [1.165, 1.54) is 0 Å². The van der Waals surface area contributed by atoms with Crippen LogP contribution in [0.1, 0.15) is 5.69 Å². The summed E-state index contributed by atoms with van der Waals surface area (Å²) in [6.45, 7) is 1.96. The number of aromatic nitrogens is 2. The van der Waals surface area contributed by atoms with Gasteiger partial charge in [-0.3, -0.25) is 9.97 Å². The van der Waals surface area contributed by atoms with Gasteiger partial charge < -0.3 is 11.1 Å². The second-order valence-electron chi connectivity index (χ2n) is 4.51. The normalized spacial score (nSPS) is 10.7. The molecule has 1 aromatic carbocycles. The first-order valence-corrected chi connectivity index (χ1v) is 6.97. The third-order valence-corrected chi connectivity index (χ3v) is 3.62. The molecule has 0 radical (unpaired) electrons. The summed E-state index contributed by atoms with van der Waals surface area (Å²) in [5.41, 5.74) is 10.3. The molecular weight excluding hydrogens is 316 g/mol. The van der Waals surface area contributed by atoms with Crippen LogP contribution in [0.25, 0.3) is 10.9 Å². The van der Waals surface area contributed by atoms with Crippen LogP contribution in [0.4, 0.5) is 17.1 Å². The number of aryl methyl sites for hydroxylation is 1. The molecule has 4 nitrogen and oxygen atoms in total. The van der Waals surface area contributed by atoms with Gasteiger partial charge >= 0.3 is 0 Å². The molecule has 0 aliphatic rings.